The molecule has 81 heavy (non-hydrogen) atoms. The quantitative estimate of drug-likeness (QED) is 0.0420. The molecule has 0 aromatic heterocycles. The van der Waals surface area contributed by atoms with Crippen LogP contribution in [0.4, 0.5) is 0 Å². The van der Waals surface area contributed by atoms with Crippen LogP contribution in [0, 0.1) is 0 Å². The van der Waals surface area contributed by atoms with Gasteiger partial charge in [0.25, 0.3) is 0 Å². The fourth-order valence-corrected chi connectivity index (χ4v) is 10.9. The van der Waals surface area contributed by atoms with Gasteiger partial charge < -0.3 is 15.5 Å². The summed E-state index contributed by atoms with van der Waals surface area (Å²) in [7, 11) is 0. The number of allylic oxidation sites excluding steroid dienone is 15. The number of aliphatic hydroxyl groups excluding tert-OH is 2. The predicted molar refractivity (Wildman–Crippen MR) is 363 cm³/mol. The third-order valence-corrected chi connectivity index (χ3v) is 16.3. The molecule has 4 nitrogen and oxygen atoms in total. The predicted octanol–water partition coefficient (Wildman–Crippen LogP) is 24.8. The minimum Gasteiger partial charge on any atom is -0.394 e. The Morgan fingerprint density at radius 3 is 0.864 bits per heavy atom. The van der Waals surface area contributed by atoms with E-state index in [1.165, 1.54) is 276 Å². The zero-order chi connectivity index (χ0) is 58.4. The fourth-order valence-electron chi connectivity index (χ4n) is 10.9. The Bertz CT molecular complexity index is 1470. The van der Waals surface area contributed by atoms with Crippen LogP contribution in [0.3, 0.4) is 0 Å². The number of amides is 1. The van der Waals surface area contributed by atoms with Crippen molar-refractivity contribution in [1.29, 1.82) is 0 Å². The number of carbonyl (C=O) groups is 1. The van der Waals surface area contributed by atoms with Crippen molar-refractivity contribution in [2.75, 3.05) is 6.61 Å². The standard InChI is InChI=1S/C77H139NO3/c1-3-5-7-9-11-13-15-17-19-21-23-25-27-29-31-33-35-37-38-39-40-41-43-45-47-49-51-53-55-57-59-61-63-65-67-69-71-73-77(81)78-75(74-79)76(80)72-70-68-66-64-62-60-58-56-54-52-50-48-46-44-42-36-34-32-30-28-26-24-22-20-18-16-14-12-10-8-6-4-2/h5,7,11,13,17,19,23,25,29,31,35,37,62,64,70,72,75-76,79-80H,3-4,6,8-10,12,14-16,18,20-22,24,26-28,30,32-34,36,38-61,63,65-69,71,73-74H2,1-2H3,(H,78,81)/b7-5-,13-11-,19-17-,25-23-,31-29-,37-35-,64-62+,72-70+. The van der Waals surface area contributed by atoms with E-state index in [1.807, 2.05) is 6.08 Å². The smallest absolute Gasteiger partial charge is 0.220 e. The van der Waals surface area contributed by atoms with E-state index in [4.69, 9.17) is 0 Å². The van der Waals surface area contributed by atoms with Gasteiger partial charge in [-0.2, -0.15) is 0 Å². The molecular formula is C77H139NO3. The molecule has 0 aromatic rings. The summed E-state index contributed by atoms with van der Waals surface area (Å²) in [6.45, 7) is 4.22. The van der Waals surface area contributed by atoms with Crippen molar-refractivity contribution in [2.45, 2.75) is 379 Å². The summed E-state index contributed by atoms with van der Waals surface area (Å²) in [5, 5.41) is 23.3. The Morgan fingerprint density at radius 2 is 0.556 bits per heavy atom. The van der Waals surface area contributed by atoms with Crippen LogP contribution in [0.2, 0.25) is 0 Å². The van der Waals surface area contributed by atoms with Crippen molar-refractivity contribution >= 4 is 5.91 Å². The molecule has 0 aliphatic rings. The van der Waals surface area contributed by atoms with Crippen LogP contribution >= 0.6 is 0 Å². The van der Waals surface area contributed by atoms with Gasteiger partial charge >= 0.3 is 0 Å². The molecule has 0 aliphatic carbocycles. The molecule has 470 valence electrons. The lowest BCUT2D eigenvalue weighted by molar-refractivity contribution is -0.123. The molecule has 2 unspecified atom stereocenters. The third-order valence-electron chi connectivity index (χ3n) is 16.3. The van der Waals surface area contributed by atoms with E-state index in [2.05, 4.69) is 104 Å². The van der Waals surface area contributed by atoms with Crippen molar-refractivity contribution in [3.8, 4) is 0 Å². The van der Waals surface area contributed by atoms with Gasteiger partial charge in [-0.15, -0.1) is 0 Å². The molecule has 0 spiro atoms. The Kier molecular flexibility index (Phi) is 69.2. The normalized spacial score (nSPS) is 13.3. The van der Waals surface area contributed by atoms with Gasteiger partial charge in [0.2, 0.25) is 5.91 Å². The van der Waals surface area contributed by atoms with Crippen LogP contribution < -0.4 is 5.32 Å². The van der Waals surface area contributed by atoms with Crippen LogP contribution in [0.15, 0.2) is 97.2 Å². The van der Waals surface area contributed by atoms with Crippen LogP contribution in [0.1, 0.15) is 367 Å². The van der Waals surface area contributed by atoms with Crippen molar-refractivity contribution in [2.24, 2.45) is 0 Å². The van der Waals surface area contributed by atoms with Crippen molar-refractivity contribution in [3.05, 3.63) is 97.2 Å². The SMILES string of the molecule is CC/C=C\C/C=C\C/C=C\C/C=C\C/C=C\C/C=C\CCCCCCCCCCCCCCCCCCCCC(=O)NC(CO)C(O)/C=C/CC/C=C/CCCCCCCCCCCCCCCCCCCCCCCCCCCC. The summed E-state index contributed by atoms with van der Waals surface area (Å²) >= 11 is 0. The molecule has 0 fully saturated rings. The van der Waals surface area contributed by atoms with Crippen molar-refractivity contribution in [3.63, 3.8) is 0 Å². The van der Waals surface area contributed by atoms with Gasteiger partial charge in [0, 0.05) is 6.42 Å². The second kappa shape index (κ2) is 71.6. The molecule has 3 N–H and O–H groups in total. The van der Waals surface area contributed by atoms with Crippen LogP contribution in [0.5, 0.6) is 0 Å². The third kappa shape index (κ3) is 68.0. The molecule has 0 radical (unpaired) electrons. The van der Waals surface area contributed by atoms with Crippen LogP contribution in [0.25, 0.3) is 0 Å². The molecule has 0 aromatic carbocycles. The monoisotopic (exact) mass is 1130 g/mol. The molecule has 0 aliphatic heterocycles. The second-order valence-electron chi connectivity index (χ2n) is 24.3. The van der Waals surface area contributed by atoms with E-state index >= 15 is 0 Å². The minimum atomic E-state index is -0.868. The number of carbonyl (C=O) groups excluding carboxylic acids is 1. The molecule has 0 heterocycles. The van der Waals surface area contributed by atoms with Gasteiger partial charge in [0.05, 0.1) is 18.8 Å². The van der Waals surface area contributed by atoms with E-state index in [0.29, 0.717) is 6.42 Å². The molecule has 4 heteroatoms. The maximum atomic E-state index is 12.5. The zero-order valence-electron chi connectivity index (χ0n) is 54.3. The topological polar surface area (TPSA) is 69.6 Å². The Morgan fingerprint density at radius 1 is 0.309 bits per heavy atom. The Hall–Kier alpha value is -2.69. The molecule has 0 saturated heterocycles. The maximum absolute atomic E-state index is 12.5. The van der Waals surface area contributed by atoms with E-state index in [1.54, 1.807) is 6.08 Å². The van der Waals surface area contributed by atoms with Gasteiger partial charge in [-0.1, -0.05) is 374 Å². The lowest BCUT2D eigenvalue weighted by atomic mass is 10.0. The Labute approximate surface area is 506 Å². The molecular weight excluding hydrogens is 987 g/mol. The highest BCUT2D eigenvalue weighted by Gasteiger charge is 2.18. The lowest BCUT2D eigenvalue weighted by Crippen LogP contribution is -2.45. The second-order valence-corrected chi connectivity index (χ2v) is 24.3. The first-order valence-corrected chi connectivity index (χ1v) is 36.0. The number of nitrogens with one attached hydrogen (secondary N) is 1. The molecule has 2 atom stereocenters. The number of hydrogen-bond donors (Lipinski definition) is 3. The van der Waals surface area contributed by atoms with E-state index in [0.717, 1.165) is 70.6 Å². The minimum absolute atomic E-state index is 0.0705. The largest absolute Gasteiger partial charge is 0.394 e. The zero-order valence-corrected chi connectivity index (χ0v) is 54.3. The average Bonchev–Trinajstić information content (AvgIpc) is 3.47. The van der Waals surface area contributed by atoms with Gasteiger partial charge in [0.15, 0.2) is 0 Å². The first kappa shape index (κ1) is 78.3. The lowest BCUT2D eigenvalue weighted by Gasteiger charge is -2.19. The Balaban J connectivity index is 3.48. The first-order valence-electron chi connectivity index (χ1n) is 36.0. The van der Waals surface area contributed by atoms with Crippen molar-refractivity contribution < 1.29 is 15.0 Å². The summed E-state index contributed by atoms with van der Waals surface area (Å²) in [5.74, 6) is -0.0705. The molecule has 0 saturated carbocycles. The van der Waals surface area contributed by atoms with Crippen LogP contribution in [-0.2, 0) is 4.79 Å². The molecule has 0 bridgehead atoms. The summed E-state index contributed by atoms with van der Waals surface area (Å²) in [6.07, 6.45) is 106. The number of hydrogen-bond acceptors (Lipinski definition) is 3. The van der Waals surface area contributed by atoms with Gasteiger partial charge in [-0.25, -0.2) is 0 Å². The summed E-state index contributed by atoms with van der Waals surface area (Å²) < 4.78 is 0. The highest BCUT2D eigenvalue weighted by atomic mass is 16.3. The molecule has 0 rings (SSSR count). The summed E-state index contributed by atoms with van der Waals surface area (Å²) in [4.78, 5) is 12.5. The van der Waals surface area contributed by atoms with E-state index in [-0.39, 0.29) is 12.5 Å². The highest BCUT2D eigenvalue weighted by Crippen LogP contribution is 2.18. The first-order chi connectivity index (χ1) is 40.2. The van der Waals surface area contributed by atoms with Gasteiger partial charge in [0.1, 0.15) is 0 Å². The summed E-state index contributed by atoms with van der Waals surface area (Å²) in [5.41, 5.74) is 0. The van der Waals surface area contributed by atoms with Crippen molar-refractivity contribution in [1.82, 2.24) is 5.32 Å². The van der Waals surface area contributed by atoms with E-state index < -0.39 is 12.1 Å². The molecule has 1 amide bonds. The van der Waals surface area contributed by atoms with Gasteiger partial charge in [-0.05, 0) is 83.5 Å². The van der Waals surface area contributed by atoms with Gasteiger partial charge in [-0.3, -0.25) is 4.79 Å². The van der Waals surface area contributed by atoms with E-state index in [9.17, 15) is 15.0 Å². The number of rotatable bonds is 66. The maximum Gasteiger partial charge on any atom is 0.220 e. The van der Waals surface area contributed by atoms with Crippen LogP contribution in [-0.4, -0.2) is 34.9 Å². The fraction of sp³-hybridized carbons (Fsp3) is 0.779. The summed E-state index contributed by atoms with van der Waals surface area (Å²) in [6, 6.07) is -0.645. The average molecular weight is 1130 g/mol. The number of unbranched alkanes of at least 4 members (excludes halogenated alkanes) is 45. The highest BCUT2D eigenvalue weighted by molar-refractivity contribution is 5.76. The number of aliphatic hydroxyl groups is 2.